The van der Waals surface area contributed by atoms with E-state index < -0.39 is 42.8 Å². The van der Waals surface area contributed by atoms with Crippen molar-refractivity contribution in [1.82, 2.24) is 4.90 Å². The van der Waals surface area contributed by atoms with Gasteiger partial charge in [0.2, 0.25) is 0 Å². The van der Waals surface area contributed by atoms with Crippen LogP contribution in [0.15, 0.2) is 105 Å². The second-order valence-corrected chi connectivity index (χ2v) is 10.3. The predicted octanol–water partition coefficient (Wildman–Crippen LogP) is 4.81. The number of nitrogens with zero attached hydrogens (tertiary/aromatic N) is 1. The summed E-state index contributed by atoms with van der Waals surface area (Å²) in [6.45, 7) is 16.6. The van der Waals surface area contributed by atoms with Crippen LogP contribution >= 0.6 is 0 Å². The summed E-state index contributed by atoms with van der Waals surface area (Å²) in [7, 11) is 1.61. The van der Waals surface area contributed by atoms with Gasteiger partial charge < -0.3 is 38.1 Å². The van der Waals surface area contributed by atoms with Gasteiger partial charge in [0.15, 0.2) is 12.4 Å². The lowest BCUT2D eigenvalue weighted by Crippen LogP contribution is -2.73. The van der Waals surface area contributed by atoms with Gasteiger partial charge in [0.1, 0.15) is 30.1 Å². The summed E-state index contributed by atoms with van der Waals surface area (Å²) in [6.07, 6.45) is 3.11. The van der Waals surface area contributed by atoms with Crippen LogP contribution in [0.2, 0.25) is 0 Å². The third-order valence-electron chi connectivity index (χ3n) is 7.46. The first kappa shape index (κ1) is 33.3. The molecule has 9 heteroatoms. The standard InChI is InChI=1S/C35H43NO8/c1-6-19-39-24-28-31(40-20-7-2)32(41-21-8-3)30(35(44-28)42-22-9-4)36-29(26-15-17-27(38-5)18-16-26)33(34(36)37)43-23-25-13-11-10-12-14-25/h6-18,28-33,35H,1-4,19-24H2,5H3/t28-,29?,30-,31-,32-,33?,35-/m1/s1. The number of carbonyl (C=O) groups excluding carboxylic acids is 1. The predicted molar refractivity (Wildman–Crippen MR) is 167 cm³/mol. The lowest BCUT2D eigenvalue weighted by Gasteiger charge is -2.57. The second-order valence-electron chi connectivity index (χ2n) is 10.3. The zero-order valence-corrected chi connectivity index (χ0v) is 25.3. The van der Waals surface area contributed by atoms with Crippen LogP contribution in [0.1, 0.15) is 17.2 Å². The first-order valence-electron chi connectivity index (χ1n) is 14.7. The number of amides is 1. The van der Waals surface area contributed by atoms with Crippen LogP contribution in [0, 0.1) is 0 Å². The molecule has 0 aliphatic carbocycles. The van der Waals surface area contributed by atoms with Gasteiger partial charge in [-0.15, -0.1) is 26.3 Å². The zero-order chi connectivity index (χ0) is 31.3. The fourth-order valence-electron chi connectivity index (χ4n) is 5.51. The van der Waals surface area contributed by atoms with E-state index in [1.165, 1.54) is 0 Å². The highest BCUT2D eigenvalue weighted by molar-refractivity contribution is 5.89. The number of hydrogen-bond acceptors (Lipinski definition) is 8. The van der Waals surface area contributed by atoms with E-state index in [2.05, 4.69) is 26.3 Å². The fourth-order valence-corrected chi connectivity index (χ4v) is 5.51. The van der Waals surface area contributed by atoms with Crippen LogP contribution < -0.4 is 4.74 Å². The summed E-state index contributed by atoms with van der Waals surface area (Å²) in [6, 6.07) is 16.2. The molecule has 44 heavy (non-hydrogen) atoms. The van der Waals surface area contributed by atoms with Crippen molar-refractivity contribution < 1.29 is 38.0 Å². The summed E-state index contributed by atoms with van der Waals surface area (Å²) in [4.78, 5) is 15.9. The lowest BCUT2D eigenvalue weighted by atomic mass is 9.84. The minimum Gasteiger partial charge on any atom is -0.497 e. The minimum absolute atomic E-state index is 0.191. The monoisotopic (exact) mass is 605 g/mol. The van der Waals surface area contributed by atoms with Gasteiger partial charge in [-0.1, -0.05) is 66.8 Å². The molecule has 4 rings (SSSR count). The third kappa shape index (κ3) is 7.92. The van der Waals surface area contributed by atoms with Gasteiger partial charge in [-0.25, -0.2) is 0 Å². The molecule has 0 bridgehead atoms. The van der Waals surface area contributed by atoms with Crippen LogP contribution in [-0.4, -0.2) is 87.7 Å². The van der Waals surface area contributed by atoms with E-state index in [0.29, 0.717) is 12.4 Å². The maximum atomic E-state index is 14.1. The highest BCUT2D eigenvalue weighted by Crippen LogP contribution is 2.44. The van der Waals surface area contributed by atoms with Crippen molar-refractivity contribution in [3.05, 3.63) is 116 Å². The first-order valence-corrected chi connectivity index (χ1v) is 14.7. The van der Waals surface area contributed by atoms with E-state index in [1.54, 1.807) is 36.3 Å². The second kappa shape index (κ2) is 17.1. The van der Waals surface area contributed by atoms with Crippen molar-refractivity contribution in [2.24, 2.45) is 0 Å². The van der Waals surface area contributed by atoms with Crippen LogP contribution in [0.4, 0.5) is 0 Å². The first-order chi connectivity index (χ1) is 21.6. The number of benzene rings is 2. The number of β-lactam (4-membered cyclic amide) rings is 1. The van der Waals surface area contributed by atoms with Gasteiger partial charge in [-0.05, 0) is 23.3 Å². The summed E-state index contributed by atoms with van der Waals surface area (Å²) in [5.74, 6) is 0.493. The summed E-state index contributed by atoms with van der Waals surface area (Å²) >= 11 is 0. The number of likely N-dealkylation sites (tertiary alicyclic amines) is 1. The van der Waals surface area contributed by atoms with Crippen molar-refractivity contribution in [3.63, 3.8) is 0 Å². The van der Waals surface area contributed by atoms with Gasteiger partial charge in [0.25, 0.3) is 5.91 Å². The van der Waals surface area contributed by atoms with Gasteiger partial charge >= 0.3 is 0 Å². The molecule has 2 aromatic rings. The van der Waals surface area contributed by atoms with Gasteiger partial charge in [0, 0.05) is 0 Å². The molecular formula is C35H43NO8. The number of carbonyl (C=O) groups is 1. The van der Waals surface area contributed by atoms with Crippen molar-refractivity contribution in [1.29, 1.82) is 0 Å². The molecule has 1 amide bonds. The Morgan fingerprint density at radius 3 is 2.07 bits per heavy atom. The summed E-state index contributed by atoms with van der Waals surface area (Å²) < 4.78 is 42.8. The lowest BCUT2D eigenvalue weighted by molar-refractivity contribution is -0.307. The molecule has 2 heterocycles. The smallest absolute Gasteiger partial charge is 0.255 e. The topological polar surface area (TPSA) is 84.9 Å². The Labute approximate surface area is 260 Å². The molecule has 2 fully saturated rings. The Bertz CT molecular complexity index is 1220. The molecule has 0 spiro atoms. The van der Waals surface area contributed by atoms with Crippen LogP contribution in [-0.2, 0) is 39.8 Å². The molecule has 9 nitrogen and oxygen atoms in total. The van der Waals surface area contributed by atoms with E-state index >= 15 is 0 Å². The molecule has 2 aliphatic heterocycles. The molecule has 0 radical (unpaired) electrons. The molecular weight excluding hydrogens is 562 g/mol. The maximum absolute atomic E-state index is 14.1. The quantitative estimate of drug-likeness (QED) is 0.128. The Morgan fingerprint density at radius 2 is 1.43 bits per heavy atom. The average molecular weight is 606 g/mol. The Morgan fingerprint density at radius 1 is 0.795 bits per heavy atom. The van der Waals surface area contributed by atoms with Gasteiger partial charge in [-0.2, -0.15) is 0 Å². The number of methoxy groups -OCH3 is 1. The number of hydrogen-bond donors (Lipinski definition) is 0. The van der Waals surface area contributed by atoms with E-state index in [1.807, 2.05) is 54.6 Å². The Kier molecular flexibility index (Phi) is 12.9. The summed E-state index contributed by atoms with van der Waals surface area (Å²) in [5.41, 5.74) is 1.83. The largest absolute Gasteiger partial charge is 0.497 e. The van der Waals surface area contributed by atoms with Gasteiger partial charge in [-0.3, -0.25) is 4.79 Å². The maximum Gasteiger partial charge on any atom is 0.255 e. The fraction of sp³-hybridized carbons (Fsp3) is 0.400. The van der Waals surface area contributed by atoms with Crippen LogP contribution in [0.25, 0.3) is 0 Å². The zero-order valence-electron chi connectivity index (χ0n) is 25.3. The molecule has 2 aromatic carbocycles. The molecule has 0 saturated carbocycles. The SMILES string of the molecule is C=CCOC[C@H]1O[C@@H](OCC=C)[C@H](N2C(=O)C(OCc3ccccc3)C2c2ccc(OC)cc2)[C@@H](OCC=C)[C@@H]1OCC=C. The van der Waals surface area contributed by atoms with E-state index in [4.69, 9.17) is 33.2 Å². The summed E-state index contributed by atoms with van der Waals surface area (Å²) in [5, 5.41) is 0. The Balaban J connectivity index is 1.73. The third-order valence-corrected chi connectivity index (χ3v) is 7.46. The molecule has 2 aliphatic rings. The highest BCUT2D eigenvalue weighted by atomic mass is 16.7. The van der Waals surface area contributed by atoms with Gasteiger partial charge in [0.05, 0.1) is 52.8 Å². The van der Waals surface area contributed by atoms with Crippen molar-refractivity contribution in [2.45, 2.75) is 49.4 Å². The molecule has 0 aromatic heterocycles. The van der Waals surface area contributed by atoms with E-state index in [0.717, 1.165) is 11.1 Å². The molecule has 2 saturated heterocycles. The van der Waals surface area contributed by atoms with Crippen LogP contribution in [0.5, 0.6) is 5.75 Å². The van der Waals surface area contributed by atoms with Crippen molar-refractivity contribution >= 4 is 5.91 Å². The normalized spacial score (nSPS) is 26.4. The minimum atomic E-state index is -0.886. The van der Waals surface area contributed by atoms with Crippen molar-refractivity contribution in [3.8, 4) is 5.75 Å². The highest BCUT2D eigenvalue weighted by Gasteiger charge is 2.60. The van der Waals surface area contributed by atoms with E-state index in [9.17, 15) is 4.79 Å². The number of ether oxygens (including phenoxy) is 7. The molecule has 7 atom stereocenters. The van der Waals surface area contributed by atoms with Crippen molar-refractivity contribution in [2.75, 3.05) is 40.1 Å². The van der Waals surface area contributed by atoms with Crippen LogP contribution in [0.3, 0.4) is 0 Å². The Hall–Kier alpha value is -3.57. The van der Waals surface area contributed by atoms with E-state index in [-0.39, 0.29) is 38.9 Å². The molecule has 236 valence electrons. The number of rotatable bonds is 19. The molecule has 2 unspecified atom stereocenters. The average Bonchev–Trinajstić information content (AvgIpc) is 3.05. The molecule has 0 N–H and O–H groups in total.